The molecule has 30 heavy (non-hydrogen) atoms. The number of fused-ring (bicyclic) bond motifs is 1. The largest absolute Gasteiger partial charge is 0.489 e. The highest BCUT2D eigenvalue weighted by molar-refractivity contribution is 6.30. The van der Waals surface area contributed by atoms with E-state index in [1.54, 1.807) is 48.5 Å². The maximum atomic E-state index is 12.6. The molecular weight excluding hydrogens is 400 g/mol. The quantitative estimate of drug-likeness (QED) is 0.300. The van der Waals surface area contributed by atoms with E-state index >= 15 is 0 Å². The first-order valence-electron chi connectivity index (χ1n) is 9.48. The molecule has 0 unspecified atom stereocenters. The number of hydrogen-bond acceptors (Lipinski definition) is 4. The van der Waals surface area contributed by atoms with Crippen LogP contribution in [0.5, 0.6) is 5.75 Å². The van der Waals surface area contributed by atoms with Gasteiger partial charge >= 0.3 is 5.63 Å². The van der Waals surface area contributed by atoms with Crippen molar-refractivity contribution in [3.8, 4) is 5.75 Å². The molecule has 0 saturated carbocycles. The van der Waals surface area contributed by atoms with Gasteiger partial charge in [-0.05, 0) is 73.5 Å². The second kappa shape index (κ2) is 8.17. The topological polar surface area (TPSA) is 56.5 Å². The average molecular weight is 419 g/mol. The number of carbonyl (C=O) groups is 1. The Morgan fingerprint density at radius 2 is 1.57 bits per heavy atom. The predicted molar refractivity (Wildman–Crippen MR) is 118 cm³/mol. The molecule has 4 rings (SSSR count). The van der Waals surface area contributed by atoms with Crippen molar-refractivity contribution in [2.45, 2.75) is 20.5 Å². The summed E-state index contributed by atoms with van der Waals surface area (Å²) in [7, 11) is 0. The van der Waals surface area contributed by atoms with Crippen molar-refractivity contribution in [3.63, 3.8) is 0 Å². The maximum Gasteiger partial charge on any atom is 0.336 e. The number of halogens is 1. The molecule has 4 nitrogen and oxygen atoms in total. The van der Waals surface area contributed by atoms with E-state index in [9.17, 15) is 9.59 Å². The van der Waals surface area contributed by atoms with Crippen molar-refractivity contribution >= 4 is 28.4 Å². The lowest BCUT2D eigenvalue weighted by atomic mass is 10.0. The highest BCUT2D eigenvalue weighted by Gasteiger charge is 2.11. The summed E-state index contributed by atoms with van der Waals surface area (Å²) >= 11 is 5.88. The molecule has 0 atom stereocenters. The Kier molecular flexibility index (Phi) is 5.42. The summed E-state index contributed by atoms with van der Waals surface area (Å²) in [5.41, 5.74) is 4.07. The van der Waals surface area contributed by atoms with Crippen LogP contribution in [0.3, 0.4) is 0 Å². The fourth-order valence-electron chi connectivity index (χ4n) is 3.28. The lowest BCUT2D eigenvalue weighted by molar-refractivity contribution is 0.103. The zero-order valence-electron chi connectivity index (χ0n) is 16.6. The van der Waals surface area contributed by atoms with Gasteiger partial charge in [-0.25, -0.2) is 4.79 Å². The van der Waals surface area contributed by atoms with Gasteiger partial charge in [0.25, 0.3) is 0 Å². The van der Waals surface area contributed by atoms with E-state index in [4.69, 9.17) is 20.8 Å². The predicted octanol–water partition coefficient (Wildman–Crippen LogP) is 5.87. The molecule has 0 spiro atoms. The van der Waals surface area contributed by atoms with Gasteiger partial charge in [-0.15, -0.1) is 0 Å². The Morgan fingerprint density at radius 3 is 2.23 bits per heavy atom. The monoisotopic (exact) mass is 418 g/mol. The van der Waals surface area contributed by atoms with Gasteiger partial charge in [-0.1, -0.05) is 23.7 Å². The second-order valence-corrected chi connectivity index (χ2v) is 7.56. The van der Waals surface area contributed by atoms with Crippen molar-refractivity contribution in [1.82, 2.24) is 0 Å². The standard InChI is InChI=1S/C25H19ClO4/c1-15-3-12-22-19(13-23(27)30-25(22)16(15)2)14-29-21-10-6-18(7-11-21)24(28)17-4-8-20(26)9-5-17/h3-13H,14H2,1-2H3. The molecule has 0 amide bonds. The fourth-order valence-corrected chi connectivity index (χ4v) is 3.40. The van der Waals surface area contributed by atoms with Crippen molar-refractivity contribution < 1.29 is 13.9 Å². The van der Waals surface area contributed by atoms with Gasteiger partial charge in [-0.3, -0.25) is 4.79 Å². The highest BCUT2D eigenvalue weighted by atomic mass is 35.5. The Morgan fingerprint density at radius 1 is 0.933 bits per heavy atom. The summed E-state index contributed by atoms with van der Waals surface area (Å²) in [5, 5.41) is 1.44. The molecular formula is C25H19ClO4. The van der Waals surface area contributed by atoms with Crippen LogP contribution in [0.2, 0.25) is 5.02 Å². The van der Waals surface area contributed by atoms with E-state index < -0.39 is 5.63 Å². The summed E-state index contributed by atoms with van der Waals surface area (Å²) < 4.78 is 11.3. The minimum atomic E-state index is -0.404. The molecule has 0 N–H and O–H groups in total. The van der Waals surface area contributed by atoms with Crippen LogP contribution < -0.4 is 10.4 Å². The fraction of sp³-hybridized carbons (Fsp3) is 0.120. The van der Waals surface area contributed by atoms with Crippen molar-refractivity contribution in [2.24, 2.45) is 0 Å². The van der Waals surface area contributed by atoms with Crippen LogP contribution >= 0.6 is 11.6 Å². The molecule has 0 saturated heterocycles. The van der Waals surface area contributed by atoms with Crippen molar-refractivity contribution in [1.29, 1.82) is 0 Å². The molecule has 1 heterocycles. The van der Waals surface area contributed by atoms with Crippen LogP contribution in [0.25, 0.3) is 11.0 Å². The number of ketones is 1. The van der Waals surface area contributed by atoms with Crippen LogP contribution in [0.15, 0.2) is 75.9 Å². The first-order chi connectivity index (χ1) is 14.4. The van der Waals surface area contributed by atoms with E-state index in [1.165, 1.54) is 6.07 Å². The van der Waals surface area contributed by atoms with E-state index in [1.807, 2.05) is 26.0 Å². The number of benzene rings is 3. The van der Waals surface area contributed by atoms with Crippen LogP contribution in [0, 0.1) is 13.8 Å². The first-order valence-corrected chi connectivity index (χ1v) is 9.86. The van der Waals surface area contributed by atoms with Gasteiger partial charge in [-0.2, -0.15) is 0 Å². The summed E-state index contributed by atoms with van der Waals surface area (Å²) in [6.07, 6.45) is 0. The van der Waals surface area contributed by atoms with Gasteiger partial charge < -0.3 is 9.15 Å². The lowest BCUT2D eigenvalue weighted by Crippen LogP contribution is -2.05. The zero-order valence-corrected chi connectivity index (χ0v) is 17.3. The van der Waals surface area contributed by atoms with Crippen LogP contribution in [0.4, 0.5) is 0 Å². The zero-order chi connectivity index (χ0) is 21.3. The third-order valence-electron chi connectivity index (χ3n) is 5.13. The summed E-state index contributed by atoms with van der Waals surface area (Å²) in [6, 6.07) is 19.1. The van der Waals surface area contributed by atoms with E-state index in [2.05, 4.69) is 0 Å². The molecule has 0 aliphatic rings. The molecule has 150 valence electrons. The molecule has 0 aliphatic heterocycles. The van der Waals surface area contributed by atoms with Gasteiger partial charge in [0.2, 0.25) is 0 Å². The maximum absolute atomic E-state index is 12.6. The third kappa shape index (κ3) is 4.00. The summed E-state index contributed by atoms with van der Waals surface area (Å²) in [4.78, 5) is 24.5. The highest BCUT2D eigenvalue weighted by Crippen LogP contribution is 2.25. The van der Waals surface area contributed by atoms with Gasteiger partial charge in [0.1, 0.15) is 17.9 Å². The van der Waals surface area contributed by atoms with Crippen molar-refractivity contribution in [2.75, 3.05) is 0 Å². The average Bonchev–Trinajstić information content (AvgIpc) is 2.75. The van der Waals surface area contributed by atoms with Crippen LogP contribution in [-0.2, 0) is 6.61 Å². The number of hydrogen-bond donors (Lipinski definition) is 0. The van der Waals surface area contributed by atoms with E-state index in [0.29, 0.717) is 27.5 Å². The third-order valence-corrected chi connectivity index (χ3v) is 5.39. The van der Waals surface area contributed by atoms with Gasteiger partial charge in [0, 0.05) is 33.2 Å². The molecule has 3 aromatic carbocycles. The number of rotatable bonds is 5. The van der Waals surface area contributed by atoms with Crippen LogP contribution in [-0.4, -0.2) is 5.78 Å². The Bertz CT molecular complexity index is 1290. The number of ether oxygens (including phenoxy) is 1. The molecule has 0 bridgehead atoms. The Labute approximate surface area is 178 Å². The van der Waals surface area contributed by atoms with Gasteiger partial charge in [0.15, 0.2) is 5.78 Å². The molecule has 4 aromatic rings. The number of aryl methyl sites for hydroxylation is 2. The minimum absolute atomic E-state index is 0.0873. The molecule has 0 radical (unpaired) electrons. The van der Waals surface area contributed by atoms with Crippen molar-refractivity contribution in [3.05, 3.63) is 110 Å². The van der Waals surface area contributed by atoms with E-state index in [-0.39, 0.29) is 12.4 Å². The molecule has 0 fully saturated rings. The molecule has 1 aromatic heterocycles. The second-order valence-electron chi connectivity index (χ2n) is 7.12. The van der Waals surface area contributed by atoms with Crippen LogP contribution in [0.1, 0.15) is 32.6 Å². The summed E-state index contributed by atoms with van der Waals surface area (Å²) in [5.74, 6) is 0.517. The van der Waals surface area contributed by atoms with Gasteiger partial charge in [0.05, 0.1) is 0 Å². The Balaban J connectivity index is 1.54. The first kappa shape index (κ1) is 19.9. The molecule has 5 heteroatoms. The Hall–Kier alpha value is -3.37. The normalized spacial score (nSPS) is 10.9. The summed E-state index contributed by atoms with van der Waals surface area (Å²) in [6.45, 7) is 4.13. The lowest BCUT2D eigenvalue weighted by Gasteiger charge is -2.11. The van der Waals surface area contributed by atoms with E-state index in [0.717, 1.165) is 22.1 Å². The smallest absolute Gasteiger partial charge is 0.336 e. The number of carbonyl (C=O) groups excluding carboxylic acids is 1. The molecule has 0 aliphatic carbocycles. The minimum Gasteiger partial charge on any atom is -0.489 e. The SMILES string of the molecule is Cc1ccc2c(COc3ccc(C(=O)c4ccc(Cl)cc4)cc3)cc(=O)oc2c1C.